The highest BCUT2D eigenvalue weighted by molar-refractivity contribution is 5.45. The molecule has 2 aliphatic rings. The van der Waals surface area contributed by atoms with Crippen molar-refractivity contribution in [3.63, 3.8) is 0 Å². The first-order valence-corrected chi connectivity index (χ1v) is 7.61. The Kier molecular flexibility index (Phi) is 3.69. The van der Waals surface area contributed by atoms with Crippen LogP contribution in [0.15, 0.2) is 18.3 Å². The Morgan fingerprint density at radius 1 is 1.35 bits per heavy atom. The minimum atomic E-state index is 0.0258. The normalized spacial score (nSPS) is 23.9. The van der Waals surface area contributed by atoms with Gasteiger partial charge >= 0.3 is 0 Å². The monoisotopic (exact) mass is 275 g/mol. The number of nitrogens with one attached hydrogen (secondary N) is 1. The number of morpholine rings is 1. The van der Waals surface area contributed by atoms with E-state index < -0.39 is 0 Å². The maximum absolute atomic E-state index is 6.02. The smallest absolute Gasteiger partial charge is 0.0926 e. The lowest BCUT2D eigenvalue weighted by atomic mass is 9.95. The number of pyridine rings is 1. The summed E-state index contributed by atoms with van der Waals surface area (Å²) in [5.74, 6) is 0. The summed E-state index contributed by atoms with van der Waals surface area (Å²) < 4.78 is 6.02. The van der Waals surface area contributed by atoms with Crippen molar-refractivity contribution in [3.05, 3.63) is 24.0 Å². The molecule has 4 nitrogen and oxygen atoms in total. The molecule has 20 heavy (non-hydrogen) atoms. The molecule has 0 spiro atoms. The summed E-state index contributed by atoms with van der Waals surface area (Å²) in [5.41, 5.74) is 2.29. The highest BCUT2D eigenvalue weighted by Gasteiger charge is 2.38. The molecule has 1 unspecified atom stereocenters. The molecular formula is C16H25N3O. The van der Waals surface area contributed by atoms with E-state index in [4.69, 9.17) is 4.74 Å². The quantitative estimate of drug-likeness (QED) is 0.913. The molecule has 1 atom stereocenters. The van der Waals surface area contributed by atoms with Crippen molar-refractivity contribution < 1.29 is 4.74 Å². The van der Waals surface area contributed by atoms with E-state index >= 15 is 0 Å². The number of hydrogen-bond donors (Lipinski definition) is 1. The van der Waals surface area contributed by atoms with Crippen LogP contribution in [0.1, 0.15) is 32.4 Å². The van der Waals surface area contributed by atoms with Gasteiger partial charge in [-0.05, 0) is 45.7 Å². The van der Waals surface area contributed by atoms with Gasteiger partial charge in [0, 0.05) is 30.4 Å². The minimum absolute atomic E-state index is 0.0258. The Morgan fingerprint density at radius 3 is 2.80 bits per heavy atom. The van der Waals surface area contributed by atoms with Gasteiger partial charge in [-0.3, -0.25) is 4.98 Å². The SMILES string of the molecule is Cc1ccc(N2CCOC(C(C)(C)NC3CC3)C2)cn1. The Balaban J connectivity index is 1.67. The molecule has 2 fully saturated rings. The lowest BCUT2D eigenvalue weighted by Gasteiger charge is -2.42. The van der Waals surface area contributed by atoms with Crippen LogP contribution in [0.3, 0.4) is 0 Å². The third-order valence-electron chi connectivity index (χ3n) is 4.29. The number of ether oxygens (including phenoxy) is 1. The fourth-order valence-electron chi connectivity index (χ4n) is 2.81. The Bertz CT molecular complexity index is 453. The number of nitrogens with zero attached hydrogens (tertiary/aromatic N) is 2. The largest absolute Gasteiger partial charge is 0.373 e. The highest BCUT2D eigenvalue weighted by atomic mass is 16.5. The first kappa shape index (κ1) is 13.8. The number of aryl methyl sites for hydroxylation is 1. The molecule has 110 valence electrons. The summed E-state index contributed by atoms with van der Waals surface area (Å²) in [7, 11) is 0. The zero-order valence-electron chi connectivity index (χ0n) is 12.7. The van der Waals surface area contributed by atoms with E-state index in [-0.39, 0.29) is 11.6 Å². The average molecular weight is 275 g/mol. The van der Waals surface area contributed by atoms with E-state index in [0.717, 1.165) is 25.4 Å². The van der Waals surface area contributed by atoms with Crippen LogP contribution in [-0.2, 0) is 4.74 Å². The van der Waals surface area contributed by atoms with Crippen molar-refractivity contribution in [3.8, 4) is 0 Å². The zero-order chi connectivity index (χ0) is 14.2. The molecule has 0 bridgehead atoms. The molecule has 1 saturated heterocycles. The molecule has 4 heteroatoms. The lowest BCUT2D eigenvalue weighted by molar-refractivity contribution is -0.0134. The van der Waals surface area contributed by atoms with Crippen LogP contribution in [0.4, 0.5) is 5.69 Å². The Morgan fingerprint density at radius 2 is 2.15 bits per heavy atom. The van der Waals surface area contributed by atoms with Gasteiger partial charge in [-0.2, -0.15) is 0 Å². The first-order chi connectivity index (χ1) is 9.54. The molecule has 0 amide bonds. The molecule has 0 aromatic carbocycles. The van der Waals surface area contributed by atoms with Crippen molar-refractivity contribution in [2.45, 2.75) is 51.3 Å². The molecule has 1 aliphatic heterocycles. The first-order valence-electron chi connectivity index (χ1n) is 7.61. The summed E-state index contributed by atoms with van der Waals surface area (Å²) in [6.07, 6.45) is 4.81. The van der Waals surface area contributed by atoms with Gasteiger partial charge in [-0.25, -0.2) is 0 Å². The molecule has 3 rings (SSSR count). The number of hydrogen-bond acceptors (Lipinski definition) is 4. The van der Waals surface area contributed by atoms with Gasteiger partial charge in [0.15, 0.2) is 0 Å². The van der Waals surface area contributed by atoms with Crippen molar-refractivity contribution in [2.24, 2.45) is 0 Å². The second-order valence-electron chi connectivity index (χ2n) is 6.60. The van der Waals surface area contributed by atoms with Gasteiger partial charge in [0.2, 0.25) is 0 Å². The Labute approximate surface area is 121 Å². The van der Waals surface area contributed by atoms with E-state index in [9.17, 15) is 0 Å². The summed E-state index contributed by atoms with van der Waals surface area (Å²) in [6.45, 7) is 9.20. The highest BCUT2D eigenvalue weighted by Crippen LogP contribution is 2.27. The van der Waals surface area contributed by atoms with Crippen molar-refractivity contribution in [1.82, 2.24) is 10.3 Å². The van der Waals surface area contributed by atoms with Crippen LogP contribution in [0.25, 0.3) is 0 Å². The average Bonchev–Trinajstić information content (AvgIpc) is 3.23. The molecule has 0 radical (unpaired) electrons. The second kappa shape index (κ2) is 5.34. The lowest BCUT2D eigenvalue weighted by Crippen LogP contribution is -2.58. The van der Waals surface area contributed by atoms with Crippen molar-refractivity contribution in [1.29, 1.82) is 0 Å². The third kappa shape index (κ3) is 3.13. The van der Waals surface area contributed by atoms with E-state index in [0.29, 0.717) is 6.04 Å². The van der Waals surface area contributed by atoms with E-state index in [2.05, 4.69) is 41.2 Å². The van der Waals surface area contributed by atoms with Gasteiger partial charge in [-0.1, -0.05) is 0 Å². The predicted molar refractivity (Wildman–Crippen MR) is 81.2 cm³/mol. The van der Waals surface area contributed by atoms with Gasteiger partial charge in [0.1, 0.15) is 0 Å². The number of anilines is 1. The van der Waals surface area contributed by atoms with Crippen LogP contribution in [0.2, 0.25) is 0 Å². The number of rotatable bonds is 4. The fourth-order valence-corrected chi connectivity index (χ4v) is 2.81. The molecule has 1 saturated carbocycles. The molecule has 1 aromatic rings. The molecular weight excluding hydrogens is 250 g/mol. The van der Waals surface area contributed by atoms with Crippen LogP contribution in [-0.4, -0.2) is 42.4 Å². The minimum Gasteiger partial charge on any atom is -0.373 e. The van der Waals surface area contributed by atoms with E-state index in [1.54, 1.807) is 0 Å². The topological polar surface area (TPSA) is 37.4 Å². The zero-order valence-corrected chi connectivity index (χ0v) is 12.7. The van der Waals surface area contributed by atoms with Crippen LogP contribution in [0, 0.1) is 6.92 Å². The second-order valence-corrected chi connectivity index (χ2v) is 6.60. The molecule has 1 aromatic heterocycles. The van der Waals surface area contributed by atoms with Gasteiger partial charge < -0.3 is 15.0 Å². The molecule has 1 N–H and O–H groups in total. The third-order valence-corrected chi connectivity index (χ3v) is 4.29. The summed E-state index contributed by atoms with van der Waals surface area (Å²) >= 11 is 0. The van der Waals surface area contributed by atoms with Gasteiger partial charge in [0.05, 0.1) is 24.6 Å². The van der Waals surface area contributed by atoms with Crippen LogP contribution < -0.4 is 10.2 Å². The molecule has 2 heterocycles. The standard InChI is InChI=1S/C16H25N3O/c1-12-4-7-14(10-17-12)19-8-9-20-15(11-19)16(2,3)18-13-5-6-13/h4,7,10,13,15,18H,5-6,8-9,11H2,1-3H3. The van der Waals surface area contributed by atoms with Crippen molar-refractivity contribution >= 4 is 5.69 Å². The van der Waals surface area contributed by atoms with E-state index in [1.807, 2.05) is 13.1 Å². The van der Waals surface area contributed by atoms with Gasteiger partial charge in [0.25, 0.3) is 0 Å². The maximum Gasteiger partial charge on any atom is 0.0926 e. The summed E-state index contributed by atoms with van der Waals surface area (Å²) in [5, 5.41) is 3.71. The van der Waals surface area contributed by atoms with E-state index in [1.165, 1.54) is 18.5 Å². The Hall–Kier alpha value is -1.13. The summed E-state index contributed by atoms with van der Waals surface area (Å²) in [4.78, 5) is 6.79. The number of aromatic nitrogens is 1. The van der Waals surface area contributed by atoms with Gasteiger partial charge in [-0.15, -0.1) is 0 Å². The van der Waals surface area contributed by atoms with Crippen LogP contribution in [0.5, 0.6) is 0 Å². The summed E-state index contributed by atoms with van der Waals surface area (Å²) in [6, 6.07) is 4.93. The maximum atomic E-state index is 6.02. The predicted octanol–water partition coefficient (Wildman–Crippen LogP) is 2.13. The molecule has 1 aliphatic carbocycles. The van der Waals surface area contributed by atoms with Crippen molar-refractivity contribution in [2.75, 3.05) is 24.6 Å². The van der Waals surface area contributed by atoms with Crippen LogP contribution >= 0.6 is 0 Å². The fraction of sp³-hybridized carbons (Fsp3) is 0.688.